The van der Waals surface area contributed by atoms with Crippen LogP contribution in [0.4, 0.5) is 5.82 Å². The minimum absolute atomic E-state index is 0.228. The first-order valence-corrected chi connectivity index (χ1v) is 10.7. The minimum atomic E-state index is -0.426. The average Bonchev–Trinajstić information content (AvgIpc) is 3.17. The number of hydrogen-bond donors (Lipinski definition) is 1. The molecule has 1 N–H and O–H groups in total. The monoisotopic (exact) mass is 459 g/mol. The first-order chi connectivity index (χ1) is 15.8. The van der Waals surface area contributed by atoms with Gasteiger partial charge < -0.3 is 10.1 Å². The lowest BCUT2D eigenvalue weighted by Crippen LogP contribution is -2.22. The van der Waals surface area contributed by atoms with Crippen LogP contribution in [0.1, 0.15) is 27.8 Å². The average molecular weight is 460 g/mol. The molecule has 8 heteroatoms. The molecule has 0 fully saturated rings. The van der Waals surface area contributed by atoms with E-state index in [4.69, 9.17) is 21.3 Å². The molecule has 166 valence electrons. The van der Waals surface area contributed by atoms with E-state index in [0.717, 1.165) is 33.2 Å². The number of aryl methyl sites for hydroxylation is 4. The zero-order valence-electron chi connectivity index (χ0n) is 18.7. The molecule has 1 amide bonds. The minimum Gasteiger partial charge on any atom is -0.484 e. The number of ether oxygens (including phenoxy) is 1. The van der Waals surface area contributed by atoms with Crippen molar-refractivity contribution in [3.63, 3.8) is 0 Å². The van der Waals surface area contributed by atoms with Crippen LogP contribution < -0.4 is 10.1 Å². The van der Waals surface area contributed by atoms with Gasteiger partial charge in [0, 0.05) is 10.4 Å². The third-order valence-electron chi connectivity index (χ3n) is 5.31. The number of pyridine rings is 1. The molecule has 4 rings (SSSR count). The second-order valence-corrected chi connectivity index (χ2v) is 8.36. The van der Waals surface area contributed by atoms with Gasteiger partial charge in [0.15, 0.2) is 18.2 Å². The zero-order chi connectivity index (χ0) is 23.7. The van der Waals surface area contributed by atoms with Crippen molar-refractivity contribution in [2.24, 2.45) is 0 Å². The van der Waals surface area contributed by atoms with Crippen LogP contribution in [0.5, 0.6) is 5.75 Å². The van der Waals surface area contributed by atoms with Crippen LogP contribution in [-0.4, -0.2) is 27.3 Å². The number of nitrogens with zero attached hydrogens (tertiary/aromatic N) is 4. The molecule has 2 aromatic carbocycles. The number of halogens is 1. The molecule has 0 bridgehead atoms. The van der Waals surface area contributed by atoms with Gasteiger partial charge in [-0.3, -0.25) is 4.79 Å². The van der Waals surface area contributed by atoms with Gasteiger partial charge in [-0.1, -0.05) is 23.2 Å². The molecule has 0 aliphatic carbocycles. The summed E-state index contributed by atoms with van der Waals surface area (Å²) >= 11 is 6.03. The highest BCUT2D eigenvalue weighted by atomic mass is 35.5. The van der Waals surface area contributed by atoms with Gasteiger partial charge in [-0.25, -0.2) is 4.98 Å². The number of nitriles is 1. The highest BCUT2D eigenvalue weighted by Gasteiger charge is 2.18. The Bertz CT molecular complexity index is 1440. The number of rotatable bonds is 5. The lowest BCUT2D eigenvalue weighted by atomic mass is 10.0. The highest BCUT2D eigenvalue weighted by molar-refractivity contribution is 6.31. The second kappa shape index (κ2) is 8.93. The summed E-state index contributed by atoms with van der Waals surface area (Å²) in [6.45, 7) is 7.68. The van der Waals surface area contributed by atoms with Crippen molar-refractivity contribution in [3.8, 4) is 17.6 Å². The van der Waals surface area contributed by atoms with E-state index < -0.39 is 5.91 Å². The molecule has 0 spiro atoms. The topological polar surface area (TPSA) is 92.8 Å². The predicted molar refractivity (Wildman–Crippen MR) is 128 cm³/mol. The Kier molecular flexibility index (Phi) is 6.03. The fraction of sp³-hybridized carbons (Fsp3) is 0.200. The summed E-state index contributed by atoms with van der Waals surface area (Å²) in [6, 6.07) is 13.3. The molecule has 33 heavy (non-hydrogen) atoms. The number of anilines is 1. The number of hydrogen-bond acceptors (Lipinski definition) is 5. The Labute approximate surface area is 196 Å². The molecule has 2 aromatic heterocycles. The molecule has 0 saturated heterocycles. The van der Waals surface area contributed by atoms with Crippen molar-refractivity contribution >= 4 is 34.2 Å². The smallest absolute Gasteiger partial charge is 0.263 e. The summed E-state index contributed by atoms with van der Waals surface area (Å²) < 4.78 is 7.04. The van der Waals surface area contributed by atoms with E-state index in [0.29, 0.717) is 16.6 Å². The Morgan fingerprint density at radius 3 is 2.64 bits per heavy atom. The molecular weight excluding hydrogens is 438 g/mol. The van der Waals surface area contributed by atoms with Gasteiger partial charge in [0.05, 0.1) is 11.7 Å². The Balaban J connectivity index is 1.63. The molecule has 0 radical (unpaired) electrons. The molecular formula is C25H22ClN5O2. The molecule has 2 heterocycles. The Morgan fingerprint density at radius 1 is 1.12 bits per heavy atom. The van der Waals surface area contributed by atoms with Crippen LogP contribution >= 0.6 is 11.6 Å². The lowest BCUT2D eigenvalue weighted by Gasteiger charge is -2.13. The van der Waals surface area contributed by atoms with Gasteiger partial charge in [0.25, 0.3) is 5.91 Å². The number of carbonyl (C=O) groups is 1. The summed E-state index contributed by atoms with van der Waals surface area (Å²) in [4.78, 5) is 17.4. The maximum absolute atomic E-state index is 12.6. The van der Waals surface area contributed by atoms with E-state index in [2.05, 4.69) is 28.6 Å². The van der Waals surface area contributed by atoms with E-state index in [-0.39, 0.29) is 18.0 Å². The Hall–Kier alpha value is -3.89. The summed E-state index contributed by atoms with van der Waals surface area (Å²) in [6.07, 6.45) is 1.40. The molecule has 0 aliphatic rings. The molecule has 0 unspecified atom stereocenters. The van der Waals surface area contributed by atoms with Crippen molar-refractivity contribution in [1.29, 1.82) is 5.26 Å². The molecule has 7 nitrogen and oxygen atoms in total. The second-order valence-electron chi connectivity index (χ2n) is 7.95. The Morgan fingerprint density at radius 2 is 1.91 bits per heavy atom. The molecule has 0 saturated carbocycles. The van der Waals surface area contributed by atoms with Gasteiger partial charge in [-0.2, -0.15) is 15.0 Å². The lowest BCUT2D eigenvalue weighted by molar-refractivity contribution is -0.118. The molecule has 0 aliphatic heterocycles. The van der Waals surface area contributed by atoms with E-state index in [1.165, 1.54) is 10.9 Å². The zero-order valence-corrected chi connectivity index (χ0v) is 19.5. The fourth-order valence-corrected chi connectivity index (χ4v) is 3.80. The van der Waals surface area contributed by atoms with Crippen molar-refractivity contribution < 1.29 is 9.53 Å². The number of carbonyl (C=O) groups excluding carboxylic acids is 1. The van der Waals surface area contributed by atoms with Crippen molar-refractivity contribution in [1.82, 2.24) is 14.8 Å². The van der Waals surface area contributed by atoms with Gasteiger partial charge in [0.1, 0.15) is 17.4 Å². The van der Waals surface area contributed by atoms with Gasteiger partial charge in [-0.05, 0) is 74.7 Å². The van der Waals surface area contributed by atoms with Crippen molar-refractivity contribution in [2.45, 2.75) is 27.7 Å². The van der Waals surface area contributed by atoms with Crippen LogP contribution in [0.2, 0.25) is 5.02 Å². The predicted octanol–water partition coefficient (Wildman–Crippen LogP) is 5.20. The summed E-state index contributed by atoms with van der Waals surface area (Å²) in [5.41, 5.74) is 5.15. The number of nitrogens with one attached hydrogen (secondary N) is 1. The van der Waals surface area contributed by atoms with E-state index >= 15 is 0 Å². The maximum Gasteiger partial charge on any atom is 0.263 e. The molecule has 4 aromatic rings. The standard InChI is InChI=1S/C25H22ClN5O2/c1-14-7-17(4)24-20(8-14)15(2)10-22(29-24)31-25(18(11-27)12-28-31)30-23(32)13-33-19-5-6-21(26)16(3)9-19/h5-10,12H,13H2,1-4H3,(H,30,32). The van der Waals surface area contributed by atoms with E-state index in [1.54, 1.807) is 18.2 Å². The normalized spacial score (nSPS) is 10.8. The summed E-state index contributed by atoms with van der Waals surface area (Å²) in [5.74, 6) is 0.858. The highest BCUT2D eigenvalue weighted by Crippen LogP contribution is 2.27. The van der Waals surface area contributed by atoms with Crippen molar-refractivity contribution in [3.05, 3.63) is 75.4 Å². The van der Waals surface area contributed by atoms with E-state index in [9.17, 15) is 10.1 Å². The van der Waals surface area contributed by atoms with Gasteiger partial charge >= 0.3 is 0 Å². The van der Waals surface area contributed by atoms with Crippen LogP contribution in [0.3, 0.4) is 0 Å². The summed E-state index contributed by atoms with van der Waals surface area (Å²) in [7, 11) is 0. The SMILES string of the molecule is Cc1cc(C)c2nc(-n3ncc(C#N)c3NC(=O)COc3ccc(Cl)c(C)c3)cc(C)c2c1. The number of aromatic nitrogens is 3. The van der Waals surface area contributed by atoms with Crippen LogP contribution in [0.15, 0.2) is 42.6 Å². The number of fused-ring (bicyclic) bond motifs is 1. The first kappa shape index (κ1) is 22.3. The summed E-state index contributed by atoms with van der Waals surface area (Å²) in [5, 5.41) is 18.3. The van der Waals surface area contributed by atoms with Crippen LogP contribution in [-0.2, 0) is 4.79 Å². The number of amides is 1. The third-order valence-corrected chi connectivity index (χ3v) is 5.73. The van der Waals surface area contributed by atoms with Gasteiger partial charge in [-0.15, -0.1) is 0 Å². The van der Waals surface area contributed by atoms with Gasteiger partial charge in [0.2, 0.25) is 0 Å². The maximum atomic E-state index is 12.6. The fourth-order valence-electron chi connectivity index (χ4n) is 3.68. The largest absolute Gasteiger partial charge is 0.484 e. The van der Waals surface area contributed by atoms with Crippen molar-refractivity contribution in [2.75, 3.05) is 11.9 Å². The first-order valence-electron chi connectivity index (χ1n) is 10.3. The quantitative estimate of drug-likeness (QED) is 0.443. The third kappa shape index (κ3) is 4.52. The number of benzene rings is 2. The van der Waals surface area contributed by atoms with Crippen LogP contribution in [0, 0.1) is 39.0 Å². The van der Waals surface area contributed by atoms with Crippen LogP contribution in [0.25, 0.3) is 16.7 Å². The van der Waals surface area contributed by atoms with E-state index in [1.807, 2.05) is 33.8 Å². The molecule has 0 atom stereocenters.